The number of para-hydroxylation sites is 1. The Hall–Kier alpha value is -2.35. The highest BCUT2D eigenvalue weighted by atomic mass is 19.4. The summed E-state index contributed by atoms with van der Waals surface area (Å²) >= 11 is 0. The van der Waals surface area contributed by atoms with Crippen molar-refractivity contribution in [1.29, 1.82) is 0 Å². The molecular weight excluding hydrogens is 335 g/mol. The second kappa shape index (κ2) is 6.87. The zero-order valence-corrected chi connectivity index (χ0v) is 13.6. The van der Waals surface area contributed by atoms with Gasteiger partial charge >= 0.3 is 6.18 Å². The zero-order chi connectivity index (χ0) is 18.0. The molecule has 0 radical (unpaired) electrons. The molecule has 1 aromatic carbocycles. The molecule has 1 aliphatic heterocycles. The lowest BCUT2D eigenvalue weighted by Crippen LogP contribution is -2.33. The minimum Gasteiger partial charge on any atom is -0.376 e. The maximum Gasteiger partial charge on any atom is 0.435 e. The van der Waals surface area contributed by atoms with E-state index in [-0.39, 0.29) is 18.3 Å². The Balaban J connectivity index is 1.93. The Kier molecular flexibility index (Phi) is 4.80. The Labute approximate surface area is 142 Å². The van der Waals surface area contributed by atoms with Crippen LogP contribution in [0.5, 0.6) is 0 Å². The van der Waals surface area contributed by atoms with E-state index in [0.717, 1.165) is 17.5 Å². The van der Waals surface area contributed by atoms with Crippen LogP contribution < -0.4 is 5.32 Å². The van der Waals surface area contributed by atoms with Crippen LogP contribution in [0.4, 0.5) is 13.2 Å². The molecular formula is C17H18F3N3O2. The van der Waals surface area contributed by atoms with Gasteiger partial charge in [0, 0.05) is 13.2 Å². The van der Waals surface area contributed by atoms with Crippen molar-refractivity contribution in [3.8, 4) is 5.69 Å². The first-order valence-electron chi connectivity index (χ1n) is 8.00. The number of benzene rings is 1. The molecule has 0 aliphatic carbocycles. The lowest BCUT2D eigenvalue weighted by atomic mass is 10.1. The molecule has 1 aromatic heterocycles. The molecule has 1 aliphatic rings. The maximum absolute atomic E-state index is 13.4. The number of rotatable bonds is 4. The minimum atomic E-state index is -4.72. The number of nitrogens with zero attached hydrogens (tertiary/aromatic N) is 2. The summed E-state index contributed by atoms with van der Waals surface area (Å²) in [4.78, 5) is 12.4. The van der Waals surface area contributed by atoms with Crippen LogP contribution in [0.2, 0.25) is 0 Å². The Morgan fingerprint density at radius 3 is 2.68 bits per heavy atom. The van der Waals surface area contributed by atoms with Crippen molar-refractivity contribution in [2.24, 2.45) is 0 Å². The first-order chi connectivity index (χ1) is 11.9. The van der Waals surface area contributed by atoms with Crippen LogP contribution in [0.3, 0.4) is 0 Å². The second-order valence-corrected chi connectivity index (χ2v) is 5.90. The smallest absolute Gasteiger partial charge is 0.376 e. The van der Waals surface area contributed by atoms with Crippen LogP contribution in [0.1, 0.15) is 34.6 Å². The number of aromatic nitrogens is 2. The average Bonchev–Trinajstić information content (AvgIpc) is 3.20. The molecule has 0 bridgehead atoms. The molecule has 2 aromatic rings. The van der Waals surface area contributed by atoms with Crippen molar-refractivity contribution in [1.82, 2.24) is 15.1 Å². The van der Waals surface area contributed by atoms with Crippen LogP contribution in [-0.2, 0) is 10.9 Å². The van der Waals surface area contributed by atoms with Gasteiger partial charge in [-0.2, -0.15) is 18.3 Å². The first kappa shape index (κ1) is 17.5. The molecule has 1 saturated heterocycles. The van der Waals surface area contributed by atoms with Gasteiger partial charge in [0.25, 0.3) is 5.91 Å². The van der Waals surface area contributed by atoms with Gasteiger partial charge in [-0.15, -0.1) is 0 Å². The molecule has 0 spiro atoms. The zero-order valence-electron chi connectivity index (χ0n) is 13.6. The number of amides is 1. The first-order valence-corrected chi connectivity index (χ1v) is 8.00. The van der Waals surface area contributed by atoms with Crippen LogP contribution in [0.25, 0.3) is 5.69 Å². The van der Waals surface area contributed by atoms with Gasteiger partial charge in [-0.05, 0) is 31.9 Å². The molecule has 3 rings (SSSR count). The number of hydrogen-bond donors (Lipinski definition) is 1. The highest BCUT2D eigenvalue weighted by Crippen LogP contribution is 2.33. The molecule has 134 valence electrons. The van der Waals surface area contributed by atoms with Crippen LogP contribution >= 0.6 is 0 Å². The van der Waals surface area contributed by atoms with Crippen LogP contribution in [0.15, 0.2) is 30.3 Å². The highest BCUT2D eigenvalue weighted by molar-refractivity contribution is 5.96. The van der Waals surface area contributed by atoms with Gasteiger partial charge in [0.15, 0.2) is 5.69 Å². The fourth-order valence-corrected chi connectivity index (χ4v) is 2.89. The van der Waals surface area contributed by atoms with Crippen LogP contribution in [0, 0.1) is 6.92 Å². The quantitative estimate of drug-likeness (QED) is 0.919. The normalized spacial score (nSPS) is 17.7. The van der Waals surface area contributed by atoms with Gasteiger partial charge in [-0.3, -0.25) is 4.79 Å². The number of nitrogens with one attached hydrogen (secondary N) is 1. The number of alkyl halides is 3. The standard InChI is InChI=1S/C17H18F3N3O2/c1-11-14(16(24)21-10-13-8-5-9-25-13)15(17(18,19)20)22-23(11)12-6-3-2-4-7-12/h2-4,6-7,13H,5,8-10H2,1H3,(H,21,24). The van der Waals surface area contributed by atoms with Crippen molar-refractivity contribution in [3.05, 3.63) is 47.3 Å². The maximum atomic E-state index is 13.4. The monoisotopic (exact) mass is 353 g/mol. The topological polar surface area (TPSA) is 56.1 Å². The van der Waals surface area contributed by atoms with E-state index in [4.69, 9.17) is 4.74 Å². The van der Waals surface area contributed by atoms with Gasteiger partial charge in [0.05, 0.1) is 23.0 Å². The molecule has 1 unspecified atom stereocenters. The van der Waals surface area contributed by atoms with Crippen molar-refractivity contribution in [3.63, 3.8) is 0 Å². The Morgan fingerprint density at radius 2 is 2.08 bits per heavy atom. The predicted octanol–water partition coefficient (Wildman–Crippen LogP) is 3.11. The third-order valence-corrected chi connectivity index (χ3v) is 4.13. The van der Waals surface area contributed by atoms with E-state index in [0.29, 0.717) is 12.3 Å². The molecule has 1 amide bonds. The summed E-state index contributed by atoms with van der Waals surface area (Å²) in [6.07, 6.45) is -3.20. The number of carbonyl (C=O) groups excluding carboxylic acids is 1. The van der Waals surface area contributed by atoms with Gasteiger partial charge in [-0.1, -0.05) is 18.2 Å². The van der Waals surface area contributed by atoms with E-state index in [2.05, 4.69) is 10.4 Å². The molecule has 2 heterocycles. The second-order valence-electron chi connectivity index (χ2n) is 5.90. The van der Waals surface area contributed by atoms with Crippen molar-refractivity contribution in [2.45, 2.75) is 32.0 Å². The molecule has 1 fully saturated rings. The predicted molar refractivity (Wildman–Crippen MR) is 84.6 cm³/mol. The molecule has 1 N–H and O–H groups in total. The minimum absolute atomic E-state index is 0.142. The van der Waals surface area contributed by atoms with E-state index in [1.165, 1.54) is 6.92 Å². The average molecular weight is 353 g/mol. The van der Waals surface area contributed by atoms with Crippen molar-refractivity contribution < 1.29 is 22.7 Å². The Morgan fingerprint density at radius 1 is 1.36 bits per heavy atom. The molecule has 1 atom stereocenters. The van der Waals surface area contributed by atoms with Gasteiger partial charge in [0.1, 0.15) is 0 Å². The molecule has 8 heteroatoms. The van der Waals surface area contributed by atoms with Gasteiger partial charge in [0.2, 0.25) is 0 Å². The lowest BCUT2D eigenvalue weighted by molar-refractivity contribution is -0.141. The third kappa shape index (κ3) is 3.68. The van der Waals surface area contributed by atoms with Crippen LogP contribution in [-0.4, -0.2) is 34.9 Å². The van der Waals surface area contributed by atoms with E-state index in [9.17, 15) is 18.0 Å². The number of halogens is 3. The summed E-state index contributed by atoms with van der Waals surface area (Å²) in [5.41, 5.74) is -1.03. The van der Waals surface area contributed by atoms with E-state index < -0.39 is 23.3 Å². The lowest BCUT2D eigenvalue weighted by Gasteiger charge is -2.12. The fourth-order valence-electron chi connectivity index (χ4n) is 2.89. The molecule has 25 heavy (non-hydrogen) atoms. The van der Waals surface area contributed by atoms with Crippen molar-refractivity contribution in [2.75, 3.05) is 13.2 Å². The number of hydrogen-bond acceptors (Lipinski definition) is 3. The van der Waals surface area contributed by atoms with Gasteiger partial charge < -0.3 is 10.1 Å². The van der Waals surface area contributed by atoms with Gasteiger partial charge in [-0.25, -0.2) is 4.68 Å². The fraction of sp³-hybridized carbons (Fsp3) is 0.412. The Bertz CT molecular complexity index is 750. The molecule has 0 saturated carbocycles. The summed E-state index contributed by atoms with van der Waals surface area (Å²) in [7, 11) is 0. The van der Waals surface area contributed by atoms with Crippen molar-refractivity contribution >= 4 is 5.91 Å². The largest absolute Gasteiger partial charge is 0.435 e. The summed E-state index contributed by atoms with van der Waals surface area (Å²) in [6.45, 7) is 2.25. The summed E-state index contributed by atoms with van der Waals surface area (Å²) < 4.78 is 46.7. The van der Waals surface area contributed by atoms with E-state index in [1.54, 1.807) is 30.3 Å². The summed E-state index contributed by atoms with van der Waals surface area (Å²) in [5, 5.41) is 6.19. The summed E-state index contributed by atoms with van der Waals surface area (Å²) in [5.74, 6) is -0.789. The number of carbonyl (C=O) groups is 1. The molecule has 5 nitrogen and oxygen atoms in total. The number of ether oxygens (including phenoxy) is 1. The SMILES string of the molecule is Cc1c(C(=O)NCC2CCCO2)c(C(F)(F)F)nn1-c1ccccc1. The van der Waals surface area contributed by atoms with E-state index >= 15 is 0 Å². The van der Waals surface area contributed by atoms with E-state index in [1.807, 2.05) is 0 Å². The third-order valence-electron chi connectivity index (χ3n) is 4.13. The highest BCUT2D eigenvalue weighted by Gasteiger charge is 2.41. The summed E-state index contributed by atoms with van der Waals surface area (Å²) in [6, 6.07) is 8.41.